The lowest BCUT2D eigenvalue weighted by atomic mass is 10.0. The molecule has 2 aromatic rings. The maximum atomic E-state index is 14.1. The first kappa shape index (κ1) is 25.6. The van der Waals surface area contributed by atoms with Crippen LogP contribution in [0.1, 0.15) is 36.2 Å². The molecule has 0 fully saturated rings. The van der Waals surface area contributed by atoms with Gasteiger partial charge in [0.1, 0.15) is 5.82 Å². The van der Waals surface area contributed by atoms with Crippen molar-refractivity contribution in [3.05, 3.63) is 58.3 Å². The molecule has 0 aliphatic carbocycles. The molecule has 1 aromatic carbocycles. The topological polar surface area (TPSA) is 42.1 Å². The highest BCUT2D eigenvalue weighted by molar-refractivity contribution is 5.85. The average Bonchev–Trinajstić information content (AvgIpc) is 2.56. The van der Waals surface area contributed by atoms with Crippen LogP contribution in [0.25, 0.3) is 0 Å². The quantitative estimate of drug-likeness (QED) is 0.670. The van der Waals surface area contributed by atoms with Crippen molar-refractivity contribution in [3.8, 4) is 0 Å². The number of pyridine rings is 1. The molecule has 152 valence electrons. The molecule has 0 unspecified atom stereocenters. The number of aryl methyl sites for hydroxylation is 3. The third-order valence-corrected chi connectivity index (χ3v) is 4.47. The Bertz CT molecular complexity index is 702. The maximum absolute atomic E-state index is 14.1. The van der Waals surface area contributed by atoms with Crippen LogP contribution in [-0.4, -0.2) is 29.5 Å². The van der Waals surface area contributed by atoms with Gasteiger partial charge in [0.25, 0.3) is 0 Å². The first-order valence-electron chi connectivity index (χ1n) is 8.85. The summed E-state index contributed by atoms with van der Waals surface area (Å²) in [7, 11) is 0. The molecule has 0 aliphatic heterocycles. The van der Waals surface area contributed by atoms with Crippen LogP contribution in [0, 0.1) is 18.6 Å². The van der Waals surface area contributed by atoms with E-state index in [4.69, 9.17) is 5.73 Å². The Hall–Kier alpha value is -1.43. The highest BCUT2D eigenvalue weighted by atomic mass is 35.5. The zero-order valence-corrected chi connectivity index (χ0v) is 17.7. The molecule has 1 aromatic heterocycles. The summed E-state index contributed by atoms with van der Waals surface area (Å²) in [4.78, 5) is 6.52. The number of nitrogens with zero attached hydrogens (tertiary/aromatic N) is 2. The molecule has 0 atom stereocenters. The van der Waals surface area contributed by atoms with Crippen LogP contribution < -0.4 is 5.73 Å². The Morgan fingerprint density at radius 1 is 0.963 bits per heavy atom. The standard InChI is InChI=1S/C20H27F2N3.2ClH/c1-4-25(5-2)9-8-15-12-16(20(22)18(21)13-15)6-7-17-10-14(3)11-19(23)24-17;;/h10-13H,4-9H2,1-3H3,(H2,23,24);2*1H. The van der Waals surface area contributed by atoms with E-state index >= 15 is 0 Å². The van der Waals surface area contributed by atoms with Crippen molar-refractivity contribution >= 4 is 30.6 Å². The Kier molecular flexibility index (Phi) is 11.5. The summed E-state index contributed by atoms with van der Waals surface area (Å²) < 4.78 is 28.1. The van der Waals surface area contributed by atoms with Crippen molar-refractivity contribution in [1.82, 2.24) is 9.88 Å². The molecule has 1 heterocycles. The first-order chi connectivity index (χ1) is 11.9. The molecule has 0 bridgehead atoms. The minimum Gasteiger partial charge on any atom is -0.384 e. The zero-order valence-electron chi connectivity index (χ0n) is 16.1. The van der Waals surface area contributed by atoms with E-state index in [1.165, 1.54) is 6.07 Å². The summed E-state index contributed by atoms with van der Waals surface area (Å²) in [5.74, 6) is -1.08. The number of benzene rings is 1. The van der Waals surface area contributed by atoms with Crippen molar-refractivity contribution in [2.45, 2.75) is 40.0 Å². The highest BCUT2D eigenvalue weighted by Crippen LogP contribution is 2.18. The molecule has 0 saturated carbocycles. The van der Waals surface area contributed by atoms with Crippen LogP contribution in [0.15, 0.2) is 24.3 Å². The molecular weight excluding hydrogens is 391 g/mol. The Balaban J connectivity index is 0.00000338. The number of likely N-dealkylation sites (N-methyl/N-ethyl adjacent to an activating group) is 1. The SMILES string of the molecule is CCN(CC)CCc1cc(F)c(F)c(CCc2cc(C)cc(N)n2)c1.Cl.Cl. The van der Waals surface area contributed by atoms with Gasteiger partial charge in [0, 0.05) is 12.2 Å². The van der Waals surface area contributed by atoms with Gasteiger partial charge >= 0.3 is 0 Å². The second-order valence-electron chi connectivity index (χ2n) is 6.39. The van der Waals surface area contributed by atoms with Crippen LogP contribution >= 0.6 is 24.8 Å². The highest BCUT2D eigenvalue weighted by Gasteiger charge is 2.12. The summed E-state index contributed by atoms with van der Waals surface area (Å²) in [6, 6.07) is 6.80. The molecular formula is C20H29Cl2F2N3. The lowest BCUT2D eigenvalue weighted by Crippen LogP contribution is -2.25. The van der Waals surface area contributed by atoms with Crippen LogP contribution in [0.5, 0.6) is 0 Å². The average molecular weight is 420 g/mol. The minimum absolute atomic E-state index is 0. The first-order valence-corrected chi connectivity index (χ1v) is 8.85. The van der Waals surface area contributed by atoms with Gasteiger partial charge in [-0.05, 0) is 74.2 Å². The van der Waals surface area contributed by atoms with Gasteiger partial charge in [-0.1, -0.05) is 19.9 Å². The molecule has 7 heteroatoms. The smallest absolute Gasteiger partial charge is 0.162 e. The van der Waals surface area contributed by atoms with E-state index in [0.717, 1.165) is 36.5 Å². The second kappa shape index (κ2) is 12.1. The van der Waals surface area contributed by atoms with Crippen LogP contribution in [-0.2, 0) is 19.3 Å². The zero-order chi connectivity index (χ0) is 18.4. The maximum Gasteiger partial charge on any atom is 0.162 e. The molecule has 0 amide bonds. The number of hydrogen-bond acceptors (Lipinski definition) is 3. The van der Waals surface area contributed by atoms with E-state index in [2.05, 4.69) is 23.7 Å². The second-order valence-corrected chi connectivity index (χ2v) is 6.39. The number of anilines is 1. The van der Waals surface area contributed by atoms with E-state index in [9.17, 15) is 8.78 Å². The van der Waals surface area contributed by atoms with Gasteiger partial charge in [-0.2, -0.15) is 0 Å². The van der Waals surface area contributed by atoms with Crippen molar-refractivity contribution in [2.24, 2.45) is 0 Å². The van der Waals surface area contributed by atoms with Gasteiger partial charge in [-0.25, -0.2) is 13.8 Å². The van der Waals surface area contributed by atoms with E-state index in [1.807, 2.05) is 13.0 Å². The predicted molar refractivity (Wildman–Crippen MR) is 113 cm³/mol. The van der Waals surface area contributed by atoms with Crippen molar-refractivity contribution in [3.63, 3.8) is 0 Å². The van der Waals surface area contributed by atoms with E-state index in [1.54, 1.807) is 12.1 Å². The largest absolute Gasteiger partial charge is 0.384 e. The van der Waals surface area contributed by atoms with Gasteiger partial charge < -0.3 is 10.6 Å². The summed E-state index contributed by atoms with van der Waals surface area (Å²) >= 11 is 0. The molecule has 0 saturated heterocycles. The van der Waals surface area contributed by atoms with Crippen LogP contribution in [0.3, 0.4) is 0 Å². The number of rotatable bonds is 8. The fourth-order valence-electron chi connectivity index (χ4n) is 3.02. The molecule has 0 radical (unpaired) electrons. The van der Waals surface area contributed by atoms with E-state index in [-0.39, 0.29) is 24.8 Å². The van der Waals surface area contributed by atoms with Gasteiger partial charge in [0.05, 0.1) is 0 Å². The molecule has 2 N–H and O–H groups in total. The van der Waals surface area contributed by atoms with Gasteiger partial charge in [0.2, 0.25) is 0 Å². The number of nitrogen functional groups attached to an aromatic ring is 1. The number of halogens is 4. The summed E-state index contributed by atoms with van der Waals surface area (Å²) in [6.45, 7) is 8.88. The normalized spacial score (nSPS) is 10.4. The molecule has 0 spiro atoms. The molecule has 27 heavy (non-hydrogen) atoms. The van der Waals surface area contributed by atoms with Crippen LogP contribution in [0.4, 0.5) is 14.6 Å². The van der Waals surface area contributed by atoms with Crippen molar-refractivity contribution < 1.29 is 8.78 Å². The number of hydrogen-bond donors (Lipinski definition) is 1. The predicted octanol–water partition coefficient (Wildman–Crippen LogP) is 4.76. The fourth-order valence-corrected chi connectivity index (χ4v) is 3.02. The molecule has 0 aliphatic rings. The lowest BCUT2D eigenvalue weighted by molar-refractivity contribution is 0.307. The third kappa shape index (κ3) is 7.60. The van der Waals surface area contributed by atoms with E-state index in [0.29, 0.717) is 30.6 Å². The van der Waals surface area contributed by atoms with E-state index < -0.39 is 11.6 Å². The summed E-state index contributed by atoms with van der Waals surface area (Å²) in [5.41, 5.74) is 8.79. The Labute approximate surface area is 173 Å². The van der Waals surface area contributed by atoms with Crippen LogP contribution in [0.2, 0.25) is 0 Å². The third-order valence-electron chi connectivity index (χ3n) is 4.47. The number of aromatic nitrogens is 1. The van der Waals surface area contributed by atoms with Crippen molar-refractivity contribution in [2.75, 3.05) is 25.4 Å². The molecule has 3 nitrogen and oxygen atoms in total. The lowest BCUT2D eigenvalue weighted by Gasteiger charge is -2.18. The monoisotopic (exact) mass is 419 g/mol. The summed E-state index contributed by atoms with van der Waals surface area (Å²) in [5, 5.41) is 0. The Morgan fingerprint density at radius 3 is 2.22 bits per heavy atom. The van der Waals surface area contributed by atoms with Crippen molar-refractivity contribution in [1.29, 1.82) is 0 Å². The van der Waals surface area contributed by atoms with Gasteiger partial charge in [0.15, 0.2) is 11.6 Å². The van der Waals surface area contributed by atoms with Gasteiger partial charge in [-0.3, -0.25) is 0 Å². The molecule has 2 rings (SSSR count). The minimum atomic E-state index is -0.774. The van der Waals surface area contributed by atoms with Gasteiger partial charge in [-0.15, -0.1) is 24.8 Å². The number of nitrogens with two attached hydrogens (primary N) is 1. The fraction of sp³-hybridized carbons (Fsp3) is 0.450. The Morgan fingerprint density at radius 2 is 1.63 bits per heavy atom. The summed E-state index contributed by atoms with van der Waals surface area (Å²) in [6.07, 6.45) is 1.64.